The number of pyridine rings is 1. The third-order valence-corrected chi connectivity index (χ3v) is 3.68. The zero-order valence-electron chi connectivity index (χ0n) is 10.9. The summed E-state index contributed by atoms with van der Waals surface area (Å²) in [6.07, 6.45) is 2.54. The predicted molar refractivity (Wildman–Crippen MR) is 71.7 cm³/mol. The number of nitrogens with zero attached hydrogens (tertiary/aromatic N) is 1. The first-order valence-corrected chi connectivity index (χ1v) is 7.27. The van der Waals surface area contributed by atoms with E-state index in [1.54, 1.807) is 0 Å². The number of nitrogens with two attached hydrogens (primary N) is 1. The molecule has 106 valence electrons. The van der Waals surface area contributed by atoms with Crippen LogP contribution in [0, 0.1) is 5.92 Å². The molecule has 1 rings (SSSR count). The van der Waals surface area contributed by atoms with Crippen molar-refractivity contribution in [3.63, 3.8) is 0 Å². The summed E-state index contributed by atoms with van der Waals surface area (Å²) >= 11 is 0. The number of anilines is 1. The topological polar surface area (TPSA) is 114 Å². The number of sulfonamides is 1. The van der Waals surface area contributed by atoms with Crippen molar-refractivity contribution in [1.82, 2.24) is 15.0 Å². The molecule has 0 aliphatic rings. The maximum absolute atomic E-state index is 11.9. The van der Waals surface area contributed by atoms with Crippen LogP contribution in [-0.2, 0) is 14.8 Å². The van der Waals surface area contributed by atoms with Gasteiger partial charge in [0, 0.05) is 18.9 Å². The first kappa shape index (κ1) is 15.4. The molecule has 7 nitrogen and oxygen atoms in total. The van der Waals surface area contributed by atoms with Gasteiger partial charge in [-0.05, 0) is 12.0 Å². The summed E-state index contributed by atoms with van der Waals surface area (Å²) in [6.45, 7) is 4.06. The molecule has 0 bridgehead atoms. The van der Waals surface area contributed by atoms with Gasteiger partial charge in [-0.15, -0.1) is 0 Å². The molecule has 1 amide bonds. The molecule has 8 heteroatoms. The molecule has 0 saturated carbocycles. The summed E-state index contributed by atoms with van der Waals surface area (Å²) in [7, 11) is -3.82. The lowest BCUT2D eigenvalue weighted by Gasteiger charge is -2.10. The van der Waals surface area contributed by atoms with Crippen molar-refractivity contribution in [2.24, 2.45) is 5.92 Å². The van der Waals surface area contributed by atoms with E-state index in [9.17, 15) is 13.2 Å². The van der Waals surface area contributed by atoms with Crippen LogP contribution in [0.4, 0.5) is 5.69 Å². The molecule has 0 radical (unpaired) electrons. The molecule has 0 aliphatic carbocycles. The van der Waals surface area contributed by atoms with E-state index >= 15 is 0 Å². The van der Waals surface area contributed by atoms with Gasteiger partial charge in [0.2, 0.25) is 15.9 Å². The Labute approximate surface area is 112 Å². The lowest BCUT2D eigenvalue weighted by Crippen LogP contribution is -2.38. The standard InChI is InChI=1S/C11H18N4O3S/c1-8(2)5-14-11(16)7-15-19(17,18)10-6-13-4-3-9(10)12/h3-4,6,8,15H,5,7H2,1-2H3,(H2,12,13)(H,14,16). The quantitative estimate of drug-likeness (QED) is 0.665. The van der Waals surface area contributed by atoms with Crippen molar-refractivity contribution in [1.29, 1.82) is 0 Å². The Morgan fingerprint density at radius 3 is 2.74 bits per heavy atom. The third kappa shape index (κ3) is 4.84. The summed E-state index contributed by atoms with van der Waals surface area (Å²) in [5.41, 5.74) is 5.64. The van der Waals surface area contributed by atoms with Gasteiger partial charge in [0.25, 0.3) is 0 Å². The van der Waals surface area contributed by atoms with Crippen LogP contribution < -0.4 is 15.8 Å². The Morgan fingerprint density at radius 1 is 1.47 bits per heavy atom. The smallest absolute Gasteiger partial charge is 0.244 e. The van der Waals surface area contributed by atoms with Crippen LogP contribution in [0.5, 0.6) is 0 Å². The van der Waals surface area contributed by atoms with Gasteiger partial charge in [0.05, 0.1) is 12.2 Å². The number of aromatic nitrogens is 1. The van der Waals surface area contributed by atoms with Gasteiger partial charge >= 0.3 is 0 Å². The van der Waals surface area contributed by atoms with E-state index in [1.807, 2.05) is 13.8 Å². The molecule has 0 aliphatic heterocycles. The number of hydrogen-bond donors (Lipinski definition) is 3. The Morgan fingerprint density at radius 2 is 2.16 bits per heavy atom. The molecule has 0 atom stereocenters. The maximum atomic E-state index is 11.9. The van der Waals surface area contributed by atoms with Crippen molar-refractivity contribution < 1.29 is 13.2 Å². The zero-order chi connectivity index (χ0) is 14.5. The Bertz CT molecular complexity index is 543. The molecule has 4 N–H and O–H groups in total. The molecular weight excluding hydrogens is 268 g/mol. The zero-order valence-corrected chi connectivity index (χ0v) is 11.7. The summed E-state index contributed by atoms with van der Waals surface area (Å²) < 4.78 is 25.9. The third-order valence-electron chi connectivity index (χ3n) is 2.24. The highest BCUT2D eigenvalue weighted by molar-refractivity contribution is 7.89. The molecule has 1 aromatic rings. The number of amides is 1. The first-order valence-electron chi connectivity index (χ1n) is 5.79. The second-order valence-electron chi connectivity index (χ2n) is 4.44. The molecule has 0 saturated heterocycles. The van der Waals surface area contributed by atoms with Gasteiger partial charge in [-0.1, -0.05) is 13.8 Å². The fourth-order valence-electron chi connectivity index (χ4n) is 1.23. The van der Waals surface area contributed by atoms with Crippen LogP contribution in [0.1, 0.15) is 13.8 Å². The number of rotatable bonds is 6. The summed E-state index contributed by atoms with van der Waals surface area (Å²) in [6, 6.07) is 1.38. The van der Waals surface area contributed by atoms with E-state index in [2.05, 4.69) is 15.0 Å². The molecule has 19 heavy (non-hydrogen) atoms. The van der Waals surface area contributed by atoms with Gasteiger partial charge < -0.3 is 11.1 Å². The van der Waals surface area contributed by atoms with Crippen molar-refractivity contribution in [3.8, 4) is 0 Å². The highest BCUT2D eigenvalue weighted by Gasteiger charge is 2.18. The van der Waals surface area contributed by atoms with Gasteiger partial charge in [-0.2, -0.15) is 0 Å². The number of nitrogen functional groups attached to an aromatic ring is 1. The lowest BCUT2D eigenvalue weighted by molar-refractivity contribution is -0.120. The normalized spacial score (nSPS) is 11.5. The van der Waals surface area contributed by atoms with E-state index in [0.29, 0.717) is 12.5 Å². The van der Waals surface area contributed by atoms with Crippen LogP contribution in [0.25, 0.3) is 0 Å². The molecule has 0 fully saturated rings. The molecule has 0 aromatic carbocycles. The molecule has 1 aromatic heterocycles. The minimum absolute atomic E-state index is 0.0880. The van der Waals surface area contributed by atoms with Crippen LogP contribution in [0.3, 0.4) is 0 Å². The van der Waals surface area contributed by atoms with Crippen LogP contribution >= 0.6 is 0 Å². The van der Waals surface area contributed by atoms with Gasteiger partial charge in [-0.3, -0.25) is 9.78 Å². The van der Waals surface area contributed by atoms with Crippen molar-refractivity contribution in [2.75, 3.05) is 18.8 Å². The van der Waals surface area contributed by atoms with E-state index in [4.69, 9.17) is 5.73 Å². The average molecular weight is 286 g/mol. The Hall–Kier alpha value is -1.67. The minimum atomic E-state index is -3.82. The van der Waals surface area contributed by atoms with Gasteiger partial charge in [0.1, 0.15) is 4.90 Å². The monoisotopic (exact) mass is 286 g/mol. The van der Waals surface area contributed by atoms with Crippen molar-refractivity contribution >= 4 is 21.6 Å². The molecular formula is C11H18N4O3S. The first-order chi connectivity index (χ1) is 8.83. The lowest BCUT2D eigenvalue weighted by atomic mass is 10.2. The van der Waals surface area contributed by atoms with Crippen LogP contribution in [-0.4, -0.2) is 32.4 Å². The van der Waals surface area contributed by atoms with E-state index in [1.165, 1.54) is 12.3 Å². The van der Waals surface area contributed by atoms with Crippen molar-refractivity contribution in [3.05, 3.63) is 18.5 Å². The SMILES string of the molecule is CC(C)CNC(=O)CNS(=O)(=O)c1cnccc1N. The molecule has 1 heterocycles. The average Bonchev–Trinajstić information content (AvgIpc) is 2.34. The Balaban J connectivity index is 2.62. The maximum Gasteiger partial charge on any atom is 0.244 e. The largest absolute Gasteiger partial charge is 0.398 e. The number of nitrogens with one attached hydrogen (secondary N) is 2. The highest BCUT2D eigenvalue weighted by atomic mass is 32.2. The summed E-state index contributed by atoms with van der Waals surface area (Å²) in [5.74, 6) is -0.0886. The molecule has 0 unspecified atom stereocenters. The minimum Gasteiger partial charge on any atom is -0.398 e. The number of carbonyl (C=O) groups excluding carboxylic acids is 1. The predicted octanol–water partition coefficient (Wildman–Crippen LogP) is -0.286. The van der Waals surface area contributed by atoms with Crippen LogP contribution in [0.15, 0.2) is 23.4 Å². The number of hydrogen-bond acceptors (Lipinski definition) is 5. The van der Waals surface area contributed by atoms with Crippen molar-refractivity contribution in [2.45, 2.75) is 18.7 Å². The van der Waals surface area contributed by atoms with Gasteiger partial charge in [0.15, 0.2) is 0 Å². The van der Waals surface area contributed by atoms with E-state index < -0.39 is 10.0 Å². The van der Waals surface area contributed by atoms with E-state index in [0.717, 1.165) is 6.20 Å². The van der Waals surface area contributed by atoms with Crippen LogP contribution in [0.2, 0.25) is 0 Å². The Kier molecular flexibility index (Phi) is 5.25. The summed E-state index contributed by atoms with van der Waals surface area (Å²) in [5, 5.41) is 2.61. The second-order valence-corrected chi connectivity index (χ2v) is 6.17. The number of carbonyl (C=O) groups is 1. The fourth-order valence-corrected chi connectivity index (χ4v) is 2.29. The van der Waals surface area contributed by atoms with E-state index in [-0.39, 0.29) is 23.0 Å². The second kappa shape index (κ2) is 6.48. The molecule has 0 spiro atoms. The summed E-state index contributed by atoms with van der Waals surface area (Å²) in [4.78, 5) is 15.0. The highest BCUT2D eigenvalue weighted by Crippen LogP contribution is 2.14. The van der Waals surface area contributed by atoms with Gasteiger partial charge in [-0.25, -0.2) is 13.1 Å². The fraction of sp³-hybridized carbons (Fsp3) is 0.455.